The second-order valence-electron chi connectivity index (χ2n) is 18.5. The van der Waals surface area contributed by atoms with Gasteiger partial charge in [-0.25, -0.2) is 13.8 Å². The van der Waals surface area contributed by atoms with E-state index >= 15 is 8.78 Å². The fourth-order valence-electron chi connectivity index (χ4n) is 10.2. The Kier molecular flexibility index (Phi) is 10.8. The van der Waals surface area contributed by atoms with Crippen LogP contribution in [0.2, 0.25) is 5.02 Å². The van der Waals surface area contributed by atoms with E-state index < -0.39 is 30.0 Å². The first-order valence-corrected chi connectivity index (χ1v) is 22.8. The van der Waals surface area contributed by atoms with Crippen LogP contribution in [0.1, 0.15) is 94.3 Å². The SMILES string of the molecule is CC(C)n1nc(C2CCC(=O)NC2=O)c2ccc(C3CCN(CC4CCN(c5ncc(Cl)c(Nc6ccc7c(c6)c6c(c(=O)n7C)OCC(F)(F)[C@H](C7CC7)N6)n5)CC4)CC3)cc21. The van der Waals surface area contributed by atoms with E-state index in [-0.39, 0.29) is 35.2 Å². The number of anilines is 4. The summed E-state index contributed by atoms with van der Waals surface area (Å²) in [6.07, 6.45) is 8.01. The van der Waals surface area contributed by atoms with Crippen LogP contribution in [0.25, 0.3) is 21.8 Å². The number of halogens is 3. The standard InChI is InChI=1S/C46H53ClF2N10O4/c1-25(2)59-36-20-29(6-8-31(36)38(55-59)32-9-11-37(60)52-43(32)61)27-14-16-57(17-15-27)23-26-12-18-58(19-13-26)45-50-22-34(47)42(54-45)51-30-7-10-35-33(21-30)39-40(44(62)56(35)3)63-24-46(48,49)41(53-39)28-4-5-28/h6-8,10,20-22,25-28,32,41,53H,4-5,9,11-19,23-24H2,1-3H3,(H,50,51,54)(H,52,60,61)/t32?,41-/m0/s1. The Hall–Kier alpha value is -5.35. The number of nitrogens with one attached hydrogen (secondary N) is 3. The van der Waals surface area contributed by atoms with Gasteiger partial charge in [0, 0.05) is 55.6 Å². The monoisotopic (exact) mass is 882 g/mol. The van der Waals surface area contributed by atoms with Crippen molar-refractivity contribution in [2.75, 3.05) is 54.9 Å². The predicted molar refractivity (Wildman–Crippen MR) is 239 cm³/mol. The number of hydrogen-bond donors (Lipinski definition) is 3. The van der Waals surface area contributed by atoms with E-state index in [1.165, 1.54) is 10.1 Å². The molecular weight excluding hydrogens is 830 g/mol. The summed E-state index contributed by atoms with van der Waals surface area (Å²) < 4.78 is 39.3. The van der Waals surface area contributed by atoms with Crippen LogP contribution in [0.5, 0.6) is 5.75 Å². The number of pyridine rings is 1. The van der Waals surface area contributed by atoms with Gasteiger partial charge in [-0.15, -0.1) is 0 Å². The molecule has 0 bridgehead atoms. The number of fused-ring (bicyclic) bond motifs is 4. The van der Waals surface area contributed by atoms with Crippen LogP contribution in [-0.4, -0.2) is 92.3 Å². The molecule has 1 unspecified atom stereocenters. The largest absolute Gasteiger partial charge is 0.480 e. The smallest absolute Gasteiger partial charge is 0.301 e. The van der Waals surface area contributed by atoms with Crippen LogP contribution < -0.4 is 31.1 Å². The quantitative estimate of drug-likeness (QED) is 0.126. The van der Waals surface area contributed by atoms with Crippen LogP contribution in [-0.2, 0) is 16.6 Å². The second-order valence-corrected chi connectivity index (χ2v) is 18.9. The third-order valence-electron chi connectivity index (χ3n) is 13.9. The Morgan fingerprint density at radius 2 is 1.73 bits per heavy atom. The lowest BCUT2D eigenvalue weighted by molar-refractivity contribution is -0.134. The number of imide groups is 1. The number of ether oxygens (including phenoxy) is 1. The molecule has 5 aromatic rings. The minimum Gasteiger partial charge on any atom is -0.480 e. The molecule has 0 radical (unpaired) electrons. The molecule has 3 aromatic heterocycles. The summed E-state index contributed by atoms with van der Waals surface area (Å²) in [7, 11) is 1.61. The zero-order valence-corrected chi connectivity index (χ0v) is 36.6. The molecule has 1 aliphatic carbocycles. The number of aryl methyl sites for hydroxylation is 1. The van der Waals surface area contributed by atoms with Gasteiger partial charge in [0.2, 0.25) is 23.5 Å². The molecule has 7 heterocycles. The molecule has 10 rings (SSSR count). The van der Waals surface area contributed by atoms with Crippen LogP contribution in [0, 0.1) is 11.8 Å². The maximum absolute atomic E-state index is 15.2. The molecule has 0 spiro atoms. The molecule has 1 saturated carbocycles. The summed E-state index contributed by atoms with van der Waals surface area (Å²) in [5, 5.41) is 15.7. The van der Waals surface area contributed by atoms with Crippen molar-refractivity contribution in [1.82, 2.24) is 34.5 Å². The summed E-state index contributed by atoms with van der Waals surface area (Å²) in [6, 6.07) is 11.0. The van der Waals surface area contributed by atoms with Crippen molar-refractivity contribution >= 4 is 68.4 Å². The number of nitrogens with zero attached hydrogens (tertiary/aromatic N) is 7. The Morgan fingerprint density at radius 1 is 0.952 bits per heavy atom. The number of hydrogen-bond acceptors (Lipinski definition) is 11. The molecule has 3 N–H and O–H groups in total. The van der Waals surface area contributed by atoms with Gasteiger partial charge < -0.3 is 29.7 Å². The summed E-state index contributed by atoms with van der Waals surface area (Å²) in [4.78, 5) is 52.1. The molecule has 332 valence electrons. The van der Waals surface area contributed by atoms with Crippen LogP contribution in [0.15, 0.2) is 47.4 Å². The molecule has 2 amide bonds. The van der Waals surface area contributed by atoms with Gasteiger partial charge in [-0.2, -0.15) is 10.1 Å². The van der Waals surface area contributed by atoms with E-state index in [4.69, 9.17) is 26.4 Å². The van der Waals surface area contributed by atoms with Crippen molar-refractivity contribution in [2.24, 2.45) is 18.9 Å². The number of piperidine rings is 3. The Bertz CT molecular complexity index is 2670. The maximum Gasteiger partial charge on any atom is 0.301 e. The molecule has 3 saturated heterocycles. The molecule has 2 atom stereocenters. The Balaban J connectivity index is 0.769. The number of carbonyl (C=O) groups is 2. The first-order chi connectivity index (χ1) is 30.3. The van der Waals surface area contributed by atoms with E-state index in [1.807, 2.05) is 16.8 Å². The van der Waals surface area contributed by atoms with Crippen molar-refractivity contribution in [3.63, 3.8) is 0 Å². The van der Waals surface area contributed by atoms with E-state index in [1.54, 1.807) is 19.3 Å². The van der Waals surface area contributed by atoms with Crippen molar-refractivity contribution in [3.05, 3.63) is 69.2 Å². The average molecular weight is 883 g/mol. The van der Waals surface area contributed by atoms with Crippen LogP contribution in [0.4, 0.5) is 31.9 Å². The molecule has 4 fully saturated rings. The summed E-state index contributed by atoms with van der Waals surface area (Å²) >= 11 is 6.64. The fraction of sp³-hybridized carbons (Fsp3) is 0.522. The third-order valence-corrected chi connectivity index (χ3v) is 14.2. The highest BCUT2D eigenvalue weighted by atomic mass is 35.5. The summed E-state index contributed by atoms with van der Waals surface area (Å²) in [5.41, 5.74) is 4.14. The number of carbonyl (C=O) groups excluding carboxylic acids is 2. The van der Waals surface area contributed by atoms with E-state index in [9.17, 15) is 14.4 Å². The number of amides is 2. The van der Waals surface area contributed by atoms with E-state index in [2.05, 4.69) is 62.8 Å². The lowest BCUT2D eigenvalue weighted by Crippen LogP contribution is -2.44. The average Bonchev–Trinajstić information content (AvgIpc) is 4.06. The lowest BCUT2D eigenvalue weighted by Gasteiger charge is -2.38. The van der Waals surface area contributed by atoms with Gasteiger partial charge in [0.15, 0.2) is 12.4 Å². The first-order valence-electron chi connectivity index (χ1n) is 22.4. The van der Waals surface area contributed by atoms with Gasteiger partial charge in [0.05, 0.1) is 40.6 Å². The van der Waals surface area contributed by atoms with Gasteiger partial charge in [0.25, 0.3) is 5.56 Å². The van der Waals surface area contributed by atoms with Gasteiger partial charge in [-0.3, -0.25) is 24.4 Å². The highest BCUT2D eigenvalue weighted by Crippen LogP contribution is 2.46. The van der Waals surface area contributed by atoms with Gasteiger partial charge in [-0.1, -0.05) is 23.7 Å². The normalized spacial score (nSPS) is 22.5. The highest BCUT2D eigenvalue weighted by molar-refractivity contribution is 6.33. The molecule has 2 aromatic carbocycles. The maximum atomic E-state index is 15.2. The molecule has 14 nitrogen and oxygen atoms in total. The molecule has 63 heavy (non-hydrogen) atoms. The molecule has 17 heteroatoms. The Labute approximate surface area is 368 Å². The highest BCUT2D eigenvalue weighted by Gasteiger charge is 2.51. The van der Waals surface area contributed by atoms with Gasteiger partial charge in [-0.05, 0) is 119 Å². The molecule has 5 aliphatic rings. The number of alkyl halides is 2. The van der Waals surface area contributed by atoms with Crippen molar-refractivity contribution in [2.45, 2.75) is 95.1 Å². The second kappa shape index (κ2) is 16.3. The summed E-state index contributed by atoms with van der Waals surface area (Å²) in [6.45, 7) is 8.12. The first kappa shape index (κ1) is 41.6. The van der Waals surface area contributed by atoms with Crippen molar-refractivity contribution in [1.29, 1.82) is 0 Å². The Morgan fingerprint density at radius 3 is 2.46 bits per heavy atom. The van der Waals surface area contributed by atoms with E-state index in [0.717, 1.165) is 75.0 Å². The molecule has 4 aliphatic heterocycles. The lowest BCUT2D eigenvalue weighted by atomic mass is 9.87. The third kappa shape index (κ3) is 7.98. The minimum absolute atomic E-state index is 0.103. The molecular formula is C46H53ClF2N10O4. The summed E-state index contributed by atoms with van der Waals surface area (Å²) in [5.74, 6) is -2.29. The predicted octanol–water partition coefficient (Wildman–Crippen LogP) is 7.49. The number of benzene rings is 2. The zero-order valence-electron chi connectivity index (χ0n) is 35.8. The topological polar surface area (TPSA) is 152 Å². The fourth-order valence-corrected chi connectivity index (χ4v) is 10.3. The number of aromatic nitrogens is 5. The zero-order chi connectivity index (χ0) is 43.7. The minimum atomic E-state index is -3.13. The van der Waals surface area contributed by atoms with Gasteiger partial charge >= 0.3 is 5.92 Å². The number of likely N-dealkylation sites (tertiary alicyclic amines) is 1. The van der Waals surface area contributed by atoms with Crippen molar-refractivity contribution in [3.8, 4) is 5.75 Å². The number of rotatable bonds is 9. The van der Waals surface area contributed by atoms with E-state index in [0.29, 0.717) is 70.9 Å². The van der Waals surface area contributed by atoms with Gasteiger partial charge in [0.1, 0.15) is 5.02 Å². The van der Waals surface area contributed by atoms with Crippen LogP contribution in [0.3, 0.4) is 0 Å². The van der Waals surface area contributed by atoms with Crippen molar-refractivity contribution < 1.29 is 23.1 Å². The van der Waals surface area contributed by atoms with Crippen LogP contribution >= 0.6 is 11.6 Å².